The molecule has 2 aromatic heterocycles. The van der Waals surface area contributed by atoms with Gasteiger partial charge in [-0.2, -0.15) is 0 Å². The second-order valence-electron chi connectivity index (χ2n) is 14.7. The normalized spacial score (nSPS) is 16.9. The highest BCUT2D eigenvalue weighted by Gasteiger charge is 2.36. The first-order chi connectivity index (χ1) is 27.2. The maximum atomic E-state index is 12.9. The molecule has 5 heterocycles. The second kappa shape index (κ2) is 14.7. The number of H-pyrrole nitrogens is 1. The van der Waals surface area contributed by atoms with E-state index in [4.69, 9.17) is 44.5 Å². The van der Waals surface area contributed by atoms with Gasteiger partial charge in [-0.15, -0.1) is 0 Å². The first-order valence-corrected chi connectivity index (χ1v) is 20.0. The highest BCUT2D eigenvalue weighted by Crippen LogP contribution is 2.52. The van der Waals surface area contributed by atoms with Gasteiger partial charge in [0.15, 0.2) is 0 Å². The topological polar surface area (TPSA) is 95.5 Å². The van der Waals surface area contributed by atoms with Gasteiger partial charge in [0.25, 0.3) is 0 Å². The lowest BCUT2D eigenvalue weighted by molar-refractivity contribution is -0.136. The number of carbonyl (C=O) groups is 2. The number of imidazole rings is 1. The van der Waals surface area contributed by atoms with Gasteiger partial charge >= 0.3 is 5.97 Å². The molecule has 1 atom stereocenters. The fourth-order valence-electron chi connectivity index (χ4n) is 8.82. The van der Waals surface area contributed by atoms with Crippen LogP contribution in [0.4, 0.5) is 11.4 Å². The number of nitrogens with one attached hydrogen (secondary N) is 2. The van der Waals surface area contributed by atoms with Crippen molar-refractivity contribution in [3.05, 3.63) is 129 Å². The summed E-state index contributed by atoms with van der Waals surface area (Å²) in [7, 11) is 1.38. The standard InChI is InChI=1S/C44H39Cl3N6O3/c1-25(49-34-20-27(44(55)56-2)11-14-36(34)51-18-15-30(16-19-51)52-17-7-6-10-37(52)54)40-39-38-32(21-29(46)23-35(38)50-40)42(31-13-12-28(45)22-33(31)47)53-24-48-41(43(39)53)26-8-4-3-5-9-26/h3-5,8-9,11-14,20-24,30,42,49-50H,1,6-7,10,15-19H2,2H3/t42-/m1/s1. The minimum Gasteiger partial charge on any atom is -0.465 e. The van der Waals surface area contributed by atoms with Crippen molar-refractivity contribution in [2.45, 2.75) is 44.2 Å². The lowest BCUT2D eigenvalue weighted by atomic mass is 9.87. The number of aromatic amines is 1. The summed E-state index contributed by atoms with van der Waals surface area (Å²) in [6.07, 6.45) is 6.26. The summed E-state index contributed by atoms with van der Waals surface area (Å²) in [6.45, 7) is 6.97. The van der Waals surface area contributed by atoms with Gasteiger partial charge in [-0.05, 0) is 79.3 Å². The number of ether oxygens (including phenoxy) is 1. The molecule has 9 nitrogen and oxygen atoms in total. The number of halogens is 3. The molecule has 2 saturated heterocycles. The van der Waals surface area contributed by atoms with E-state index in [-0.39, 0.29) is 18.0 Å². The highest BCUT2D eigenvalue weighted by atomic mass is 35.5. The van der Waals surface area contributed by atoms with Crippen molar-refractivity contribution < 1.29 is 14.3 Å². The molecule has 284 valence electrons. The predicted molar refractivity (Wildman–Crippen MR) is 225 cm³/mol. The molecule has 3 aliphatic rings. The van der Waals surface area contributed by atoms with E-state index >= 15 is 0 Å². The van der Waals surface area contributed by atoms with E-state index in [0.717, 1.165) is 101 Å². The Morgan fingerprint density at radius 1 is 0.929 bits per heavy atom. The number of hydrogen-bond donors (Lipinski definition) is 2. The molecular weight excluding hydrogens is 767 g/mol. The van der Waals surface area contributed by atoms with Crippen molar-refractivity contribution in [3.63, 3.8) is 0 Å². The van der Waals surface area contributed by atoms with Gasteiger partial charge < -0.3 is 29.4 Å². The molecule has 0 aliphatic carbocycles. The summed E-state index contributed by atoms with van der Waals surface area (Å²) in [5.41, 5.74) is 9.63. The number of anilines is 2. The Morgan fingerprint density at radius 2 is 1.73 bits per heavy atom. The van der Waals surface area contributed by atoms with E-state index in [0.29, 0.717) is 38.4 Å². The molecule has 2 N–H and O–H groups in total. The Bertz CT molecular complexity index is 2540. The van der Waals surface area contributed by atoms with E-state index in [2.05, 4.69) is 43.4 Å². The van der Waals surface area contributed by atoms with Crippen LogP contribution in [0.2, 0.25) is 15.1 Å². The van der Waals surface area contributed by atoms with Crippen LogP contribution >= 0.6 is 34.8 Å². The van der Waals surface area contributed by atoms with Crippen molar-refractivity contribution in [3.8, 4) is 22.5 Å². The average Bonchev–Trinajstić information content (AvgIpc) is 3.81. The Morgan fingerprint density at radius 3 is 2.48 bits per heavy atom. The number of piperidine rings is 2. The number of fused-ring (bicyclic) bond motifs is 2. The number of carbonyl (C=O) groups excluding carboxylic acids is 2. The number of nitrogens with zero attached hydrogens (tertiary/aromatic N) is 4. The van der Waals surface area contributed by atoms with Crippen molar-refractivity contribution in [1.82, 2.24) is 19.4 Å². The molecule has 12 heteroatoms. The number of amides is 1. The fourth-order valence-corrected chi connectivity index (χ4v) is 9.56. The smallest absolute Gasteiger partial charge is 0.337 e. The minimum absolute atomic E-state index is 0.232. The van der Waals surface area contributed by atoms with E-state index in [1.165, 1.54) is 7.11 Å². The number of methoxy groups -OCH3 is 1. The molecule has 4 aromatic carbocycles. The third-order valence-electron chi connectivity index (χ3n) is 11.4. The van der Waals surface area contributed by atoms with Crippen LogP contribution in [-0.2, 0) is 9.53 Å². The molecule has 6 aromatic rings. The van der Waals surface area contributed by atoms with Crippen molar-refractivity contribution in [1.29, 1.82) is 0 Å². The molecule has 56 heavy (non-hydrogen) atoms. The molecule has 0 spiro atoms. The fraction of sp³-hybridized carbons (Fsp3) is 0.250. The molecule has 1 amide bonds. The molecule has 3 aliphatic heterocycles. The summed E-state index contributed by atoms with van der Waals surface area (Å²) in [5.74, 6) is -0.169. The van der Waals surface area contributed by atoms with Crippen LogP contribution in [0.5, 0.6) is 0 Å². The number of benzene rings is 4. The number of likely N-dealkylation sites (tertiary alicyclic amines) is 1. The molecular formula is C44H39Cl3N6O3. The summed E-state index contributed by atoms with van der Waals surface area (Å²) >= 11 is 20.2. The molecule has 2 fully saturated rings. The number of rotatable bonds is 8. The first kappa shape index (κ1) is 36.4. The predicted octanol–water partition coefficient (Wildman–Crippen LogP) is 10.5. The van der Waals surface area contributed by atoms with Crippen molar-refractivity contribution >= 4 is 74.7 Å². The van der Waals surface area contributed by atoms with Crippen LogP contribution < -0.4 is 10.2 Å². The number of esters is 1. The summed E-state index contributed by atoms with van der Waals surface area (Å²) in [4.78, 5) is 38.7. The zero-order valence-electron chi connectivity index (χ0n) is 30.7. The lowest BCUT2D eigenvalue weighted by Gasteiger charge is -2.41. The van der Waals surface area contributed by atoms with Crippen LogP contribution in [0.3, 0.4) is 0 Å². The van der Waals surface area contributed by atoms with Crippen LogP contribution in [0.25, 0.3) is 39.1 Å². The average molecular weight is 806 g/mol. The SMILES string of the molecule is C=C(Nc1cc(C(=O)OC)ccc1N1CCC(N2CCCCC2=O)CC1)c1[nH]c2cc(Cl)cc3c2c1-c1c(-c2ccccc2)ncn1[C@@H]3c1ccc(Cl)cc1Cl. The Labute approximate surface area is 339 Å². The molecule has 0 unspecified atom stereocenters. The number of aromatic nitrogens is 3. The van der Waals surface area contributed by atoms with E-state index in [1.54, 1.807) is 12.1 Å². The van der Waals surface area contributed by atoms with E-state index in [9.17, 15) is 9.59 Å². The first-order valence-electron chi connectivity index (χ1n) is 18.9. The molecule has 0 radical (unpaired) electrons. The van der Waals surface area contributed by atoms with Crippen molar-refractivity contribution in [2.24, 2.45) is 0 Å². The maximum Gasteiger partial charge on any atom is 0.337 e. The quantitative estimate of drug-likeness (QED) is 0.149. The molecule has 0 bridgehead atoms. The van der Waals surface area contributed by atoms with Gasteiger partial charge in [-0.3, -0.25) is 4.79 Å². The van der Waals surface area contributed by atoms with E-state index in [1.807, 2.05) is 60.9 Å². The summed E-state index contributed by atoms with van der Waals surface area (Å²) < 4.78 is 7.28. The van der Waals surface area contributed by atoms with Gasteiger partial charge in [0.1, 0.15) is 0 Å². The monoisotopic (exact) mass is 804 g/mol. The van der Waals surface area contributed by atoms with E-state index < -0.39 is 5.97 Å². The van der Waals surface area contributed by atoms with Gasteiger partial charge in [-0.25, -0.2) is 9.78 Å². The largest absolute Gasteiger partial charge is 0.465 e. The third-order valence-corrected chi connectivity index (χ3v) is 12.2. The highest BCUT2D eigenvalue weighted by molar-refractivity contribution is 6.35. The van der Waals surface area contributed by atoms with Gasteiger partial charge in [-0.1, -0.05) is 77.8 Å². The molecule has 0 saturated carbocycles. The Kier molecular flexibility index (Phi) is 9.56. The number of hydrogen-bond acceptors (Lipinski definition) is 6. The minimum atomic E-state index is -0.434. The van der Waals surface area contributed by atoms with Crippen LogP contribution in [0.1, 0.15) is 65.3 Å². The summed E-state index contributed by atoms with van der Waals surface area (Å²) in [6, 6.07) is 25.0. The van der Waals surface area contributed by atoms with Crippen LogP contribution in [0.15, 0.2) is 91.8 Å². The van der Waals surface area contributed by atoms with Gasteiger partial charge in [0.05, 0.1) is 59.2 Å². The van der Waals surface area contributed by atoms with Gasteiger partial charge in [0.2, 0.25) is 5.91 Å². The molecule has 9 rings (SSSR count). The Balaban J connectivity index is 1.15. The van der Waals surface area contributed by atoms with Crippen molar-refractivity contribution in [2.75, 3.05) is 37.0 Å². The Hall–Kier alpha value is -5.22. The zero-order valence-corrected chi connectivity index (χ0v) is 33.0. The van der Waals surface area contributed by atoms with Gasteiger partial charge in [0, 0.05) is 69.2 Å². The lowest BCUT2D eigenvalue weighted by Crippen LogP contribution is -2.49. The third kappa shape index (κ3) is 6.32. The summed E-state index contributed by atoms with van der Waals surface area (Å²) in [5, 5.41) is 6.25. The maximum absolute atomic E-state index is 12.9. The second-order valence-corrected chi connectivity index (χ2v) is 15.9. The van der Waals surface area contributed by atoms with Crippen LogP contribution in [-0.4, -0.2) is 64.1 Å². The zero-order chi connectivity index (χ0) is 38.7. The van der Waals surface area contributed by atoms with Crippen LogP contribution in [0, 0.1) is 0 Å².